The molecule has 3 N–H and O–H groups in total. The number of ketones is 1. The highest BCUT2D eigenvalue weighted by molar-refractivity contribution is 5.96. The van der Waals surface area contributed by atoms with E-state index in [1.54, 1.807) is 31.4 Å². The van der Waals surface area contributed by atoms with Crippen LogP contribution < -0.4 is 14.8 Å². The highest BCUT2D eigenvalue weighted by Crippen LogP contribution is 2.23. The molecule has 0 spiro atoms. The first kappa shape index (κ1) is 31.5. The predicted octanol–water partition coefficient (Wildman–Crippen LogP) is 3.53. The third kappa shape index (κ3) is 10.5. The van der Waals surface area contributed by atoms with Crippen molar-refractivity contribution < 1.29 is 34.0 Å². The topological polar surface area (TPSA) is 118 Å². The van der Waals surface area contributed by atoms with Crippen LogP contribution in [0, 0.1) is 0 Å². The molecule has 9 heteroatoms. The number of rotatable bonds is 17. The van der Waals surface area contributed by atoms with E-state index in [0.29, 0.717) is 75.4 Å². The van der Waals surface area contributed by atoms with Crippen molar-refractivity contribution >= 4 is 11.7 Å². The highest BCUT2D eigenvalue weighted by Gasteiger charge is 2.29. The molecule has 40 heavy (non-hydrogen) atoms. The fourth-order valence-corrected chi connectivity index (χ4v) is 4.70. The molecule has 1 aliphatic heterocycles. The molecular weight excluding hydrogens is 512 g/mol. The summed E-state index contributed by atoms with van der Waals surface area (Å²) >= 11 is 0. The van der Waals surface area contributed by atoms with Crippen LogP contribution in [0.5, 0.6) is 11.5 Å². The first-order chi connectivity index (χ1) is 19.2. The molecule has 2 aromatic carbocycles. The lowest BCUT2D eigenvalue weighted by molar-refractivity contribution is -0.123. The minimum absolute atomic E-state index is 0.0228. The lowest BCUT2D eigenvalue weighted by Gasteiger charge is -2.29. The molecular formula is C31H44N2O7. The number of ether oxygens (including phenoxy) is 3. The van der Waals surface area contributed by atoms with Crippen LogP contribution in [-0.4, -0.2) is 85.0 Å². The molecule has 9 nitrogen and oxygen atoms in total. The summed E-state index contributed by atoms with van der Waals surface area (Å²) in [5.41, 5.74) is 1.30. The second-order valence-corrected chi connectivity index (χ2v) is 10.6. The minimum atomic E-state index is -0.919. The lowest BCUT2D eigenvalue weighted by Crippen LogP contribution is -2.47. The molecule has 220 valence electrons. The van der Waals surface area contributed by atoms with E-state index in [4.69, 9.17) is 14.2 Å². The molecule has 1 saturated heterocycles. The van der Waals surface area contributed by atoms with Gasteiger partial charge in [0, 0.05) is 45.1 Å². The Bertz CT molecular complexity index is 1040. The molecule has 1 heterocycles. The molecule has 3 atom stereocenters. The van der Waals surface area contributed by atoms with Gasteiger partial charge in [-0.15, -0.1) is 0 Å². The van der Waals surface area contributed by atoms with Crippen molar-refractivity contribution in [2.75, 3.05) is 40.0 Å². The predicted molar refractivity (Wildman–Crippen MR) is 153 cm³/mol. The lowest BCUT2D eigenvalue weighted by atomic mass is 10.0. The molecule has 0 radical (unpaired) electrons. The average Bonchev–Trinajstić information content (AvgIpc) is 3.35. The summed E-state index contributed by atoms with van der Waals surface area (Å²) in [4.78, 5) is 27.5. The Morgan fingerprint density at radius 3 is 2.30 bits per heavy atom. The van der Waals surface area contributed by atoms with E-state index in [1.807, 2.05) is 38.1 Å². The number of aliphatic hydroxyl groups excluding tert-OH is 2. The van der Waals surface area contributed by atoms with Gasteiger partial charge in [0.15, 0.2) is 5.78 Å². The van der Waals surface area contributed by atoms with Gasteiger partial charge in [-0.05, 0) is 75.1 Å². The number of aliphatic hydroxyl groups is 2. The van der Waals surface area contributed by atoms with E-state index < -0.39 is 18.2 Å². The van der Waals surface area contributed by atoms with E-state index in [1.165, 1.54) is 0 Å². The number of amides is 1. The van der Waals surface area contributed by atoms with Crippen molar-refractivity contribution in [1.29, 1.82) is 0 Å². The van der Waals surface area contributed by atoms with Crippen molar-refractivity contribution in [1.82, 2.24) is 10.2 Å². The quantitative estimate of drug-likeness (QED) is 0.200. The fourth-order valence-electron chi connectivity index (χ4n) is 4.70. The number of carbonyl (C=O) groups is 2. The van der Waals surface area contributed by atoms with E-state index in [9.17, 15) is 19.8 Å². The van der Waals surface area contributed by atoms with Gasteiger partial charge in [-0.2, -0.15) is 0 Å². The number of β-amino-alcohol motifs (C(OH)–C–C–N with tert-alkyl or cyclic N) is 1. The van der Waals surface area contributed by atoms with Gasteiger partial charge in [0.05, 0.1) is 24.9 Å². The highest BCUT2D eigenvalue weighted by atomic mass is 16.5. The maximum atomic E-state index is 12.8. The molecule has 0 bridgehead atoms. The van der Waals surface area contributed by atoms with Gasteiger partial charge < -0.3 is 29.7 Å². The molecule has 2 aromatic rings. The summed E-state index contributed by atoms with van der Waals surface area (Å²) in [7, 11) is 1.61. The zero-order valence-corrected chi connectivity index (χ0v) is 23.9. The molecule has 1 aliphatic rings. The van der Waals surface area contributed by atoms with E-state index in [-0.39, 0.29) is 24.2 Å². The Kier molecular flexibility index (Phi) is 12.9. The zero-order valence-electron chi connectivity index (χ0n) is 23.9. The minimum Gasteiger partial charge on any atom is -0.491 e. The summed E-state index contributed by atoms with van der Waals surface area (Å²) in [6.07, 6.45) is 1.16. The smallest absolute Gasteiger partial charge is 0.220 e. The Hall–Kier alpha value is -2.98. The molecule has 1 fully saturated rings. The number of hydrogen-bond donors (Lipinski definition) is 3. The van der Waals surface area contributed by atoms with Gasteiger partial charge in [0.2, 0.25) is 5.91 Å². The zero-order chi connectivity index (χ0) is 28.9. The normalized spacial score (nSPS) is 17.0. The first-order valence-corrected chi connectivity index (χ1v) is 14.1. The van der Waals surface area contributed by atoms with Crippen molar-refractivity contribution in [2.24, 2.45) is 0 Å². The number of carbonyl (C=O) groups excluding carboxylic acids is 2. The van der Waals surface area contributed by atoms with Crippen molar-refractivity contribution in [3.8, 4) is 11.5 Å². The van der Waals surface area contributed by atoms with Crippen LogP contribution in [0.15, 0.2) is 48.5 Å². The molecule has 0 aromatic heterocycles. The van der Waals surface area contributed by atoms with Gasteiger partial charge in [0.1, 0.15) is 24.2 Å². The summed E-state index contributed by atoms with van der Waals surface area (Å²) in [6, 6.07) is 13.7. The Balaban J connectivity index is 1.49. The largest absolute Gasteiger partial charge is 0.491 e. The molecule has 1 amide bonds. The SMILES string of the molecule is COCCOc1ccc(C(=O)CCCCC(=O)N[C@H](CN2CC[C@H](O)C2)[C@H](O)c2ccc(OC(C)C)cc2)cc1. The van der Waals surface area contributed by atoms with Gasteiger partial charge in [0.25, 0.3) is 0 Å². The van der Waals surface area contributed by atoms with Crippen LogP contribution >= 0.6 is 0 Å². The Labute approximate surface area is 237 Å². The van der Waals surface area contributed by atoms with Crippen LogP contribution in [0.2, 0.25) is 0 Å². The van der Waals surface area contributed by atoms with Crippen LogP contribution in [0.25, 0.3) is 0 Å². The first-order valence-electron chi connectivity index (χ1n) is 14.1. The van der Waals surface area contributed by atoms with Gasteiger partial charge >= 0.3 is 0 Å². The molecule has 0 aliphatic carbocycles. The number of unbranched alkanes of at least 4 members (excludes halogenated alkanes) is 1. The van der Waals surface area contributed by atoms with Crippen LogP contribution in [0.4, 0.5) is 0 Å². The van der Waals surface area contributed by atoms with Crippen LogP contribution in [0.1, 0.15) is 68.0 Å². The summed E-state index contributed by atoms with van der Waals surface area (Å²) in [5, 5.41) is 24.1. The maximum absolute atomic E-state index is 12.8. The number of benzene rings is 2. The maximum Gasteiger partial charge on any atom is 0.220 e. The van der Waals surface area contributed by atoms with Crippen molar-refractivity contribution in [3.05, 3.63) is 59.7 Å². The fraction of sp³-hybridized carbons (Fsp3) is 0.548. The molecule has 3 rings (SSSR count). The monoisotopic (exact) mass is 556 g/mol. The summed E-state index contributed by atoms with van der Waals surface area (Å²) < 4.78 is 16.2. The number of nitrogens with zero attached hydrogens (tertiary/aromatic N) is 1. The van der Waals surface area contributed by atoms with Crippen LogP contribution in [-0.2, 0) is 9.53 Å². The number of likely N-dealkylation sites (tertiary alicyclic amines) is 1. The third-order valence-corrected chi connectivity index (χ3v) is 6.81. The van der Waals surface area contributed by atoms with E-state index >= 15 is 0 Å². The Morgan fingerprint density at radius 1 is 1.00 bits per heavy atom. The van der Waals surface area contributed by atoms with Gasteiger partial charge in [-0.1, -0.05) is 12.1 Å². The standard InChI is InChI=1S/C31H44N2O7/c1-22(2)40-27-14-10-24(11-15-27)31(37)28(21-33-17-16-25(34)20-33)32-30(36)7-5-4-6-29(35)23-8-12-26(13-9-23)39-19-18-38-3/h8-15,22,25,28,31,34,37H,4-7,16-21H2,1-3H3,(H,32,36)/t25-,28+,31+/m0/s1. The van der Waals surface area contributed by atoms with E-state index in [0.717, 1.165) is 5.75 Å². The second kappa shape index (κ2) is 16.3. The van der Waals surface area contributed by atoms with Crippen LogP contribution in [0.3, 0.4) is 0 Å². The summed E-state index contributed by atoms with van der Waals surface area (Å²) in [5.74, 6) is 1.25. The number of nitrogens with one attached hydrogen (secondary N) is 1. The number of methoxy groups -OCH3 is 1. The molecule has 0 unspecified atom stereocenters. The number of Topliss-reactive ketones (excluding diaryl/α,β-unsaturated/α-hetero) is 1. The average molecular weight is 557 g/mol. The third-order valence-electron chi connectivity index (χ3n) is 6.81. The van der Waals surface area contributed by atoms with Gasteiger partial charge in [-0.25, -0.2) is 0 Å². The van der Waals surface area contributed by atoms with E-state index in [2.05, 4.69) is 10.2 Å². The number of hydrogen-bond acceptors (Lipinski definition) is 8. The second-order valence-electron chi connectivity index (χ2n) is 10.6. The Morgan fingerprint density at radius 2 is 1.68 bits per heavy atom. The van der Waals surface area contributed by atoms with Crippen molar-refractivity contribution in [2.45, 2.75) is 70.3 Å². The van der Waals surface area contributed by atoms with Crippen molar-refractivity contribution in [3.63, 3.8) is 0 Å². The summed E-state index contributed by atoms with van der Waals surface area (Å²) in [6.45, 7) is 6.50. The van der Waals surface area contributed by atoms with Gasteiger partial charge in [-0.3, -0.25) is 14.5 Å². The molecule has 0 saturated carbocycles.